The molecule has 0 spiro atoms. The van der Waals surface area contributed by atoms with Crippen LogP contribution in [0.25, 0.3) is 0 Å². The number of aryl methyl sites for hydroxylation is 1. The molecule has 0 bridgehead atoms. The van der Waals surface area contributed by atoms with E-state index in [0.717, 1.165) is 15.1 Å². The van der Waals surface area contributed by atoms with Crippen LogP contribution in [0.2, 0.25) is 0 Å². The summed E-state index contributed by atoms with van der Waals surface area (Å²) in [5.41, 5.74) is 0.952. The maximum Gasteiger partial charge on any atom is 0.223 e. The zero-order valence-electron chi connectivity index (χ0n) is 8.39. The minimum Gasteiger partial charge on any atom is -0.357 e. The summed E-state index contributed by atoms with van der Waals surface area (Å²) < 4.78 is 0.996. The Labute approximate surface area is 96.2 Å². The van der Waals surface area contributed by atoms with E-state index in [0.29, 0.717) is 5.95 Å². The summed E-state index contributed by atoms with van der Waals surface area (Å²) in [7, 11) is 1.81. The van der Waals surface area contributed by atoms with Crippen molar-refractivity contribution in [3.63, 3.8) is 0 Å². The summed E-state index contributed by atoms with van der Waals surface area (Å²) in [6.07, 6.45) is 1.79. The largest absolute Gasteiger partial charge is 0.357 e. The first-order valence-corrected chi connectivity index (χ1v) is 6.08. The van der Waals surface area contributed by atoms with E-state index in [2.05, 4.69) is 20.3 Å². The molecule has 0 atom stereocenters. The fourth-order valence-electron chi connectivity index (χ4n) is 1.05. The maximum atomic E-state index is 4.33. The quantitative estimate of drug-likeness (QED) is 0.832. The molecule has 0 fully saturated rings. The fourth-order valence-corrected chi connectivity index (χ4v) is 2.68. The van der Waals surface area contributed by atoms with Crippen LogP contribution in [0.4, 0.5) is 5.95 Å². The Hall–Kier alpha value is -1.14. The highest BCUT2D eigenvalue weighted by Gasteiger charge is 2.04. The van der Waals surface area contributed by atoms with Crippen molar-refractivity contribution in [3.05, 3.63) is 23.3 Å². The van der Waals surface area contributed by atoms with E-state index in [4.69, 9.17) is 0 Å². The lowest BCUT2D eigenvalue weighted by atomic mass is 10.5. The zero-order chi connectivity index (χ0) is 10.7. The molecule has 2 heterocycles. The third kappa shape index (κ3) is 2.66. The summed E-state index contributed by atoms with van der Waals surface area (Å²) in [5.74, 6) is 0.647. The van der Waals surface area contributed by atoms with Gasteiger partial charge in [0.25, 0.3) is 0 Å². The molecular formula is C9H10N4S2. The molecule has 0 radical (unpaired) electrons. The molecule has 4 nitrogen and oxygen atoms in total. The summed E-state index contributed by atoms with van der Waals surface area (Å²) in [6, 6.07) is 1.95. The molecular weight excluding hydrogens is 228 g/mol. The van der Waals surface area contributed by atoms with Crippen LogP contribution in [0.15, 0.2) is 27.0 Å². The van der Waals surface area contributed by atoms with Crippen molar-refractivity contribution in [2.45, 2.75) is 16.3 Å². The molecule has 0 aromatic carbocycles. The molecule has 2 rings (SSSR count). The van der Waals surface area contributed by atoms with Gasteiger partial charge >= 0.3 is 0 Å². The first-order valence-electron chi connectivity index (χ1n) is 4.38. The number of hydrogen-bond donors (Lipinski definition) is 1. The van der Waals surface area contributed by atoms with Gasteiger partial charge in [-0.1, -0.05) is 0 Å². The van der Waals surface area contributed by atoms with E-state index in [-0.39, 0.29) is 0 Å². The van der Waals surface area contributed by atoms with Gasteiger partial charge in [-0.3, -0.25) is 0 Å². The zero-order valence-corrected chi connectivity index (χ0v) is 10.0. The van der Waals surface area contributed by atoms with E-state index in [1.54, 1.807) is 29.3 Å². The second-order valence-corrected chi connectivity index (χ2v) is 4.98. The molecule has 0 aliphatic rings. The van der Waals surface area contributed by atoms with Crippen LogP contribution >= 0.6 is 23.1 Å². The van der Waals surface area contributed by atoms with Crippen molar-refractivity contribution >= 4 is 29.0 Å². The summed E-state index contributed by atoms with van der Waals surface area (Å²) in [5, 5.41) is 5.81. The van der Waals surface area contributed by atoms with Gasteiger partial charge in [0.2, 0.25) is 5.95 Å². The second-order valence-electron chi connectivity index (χ2n) is 2.82. The predicted molar refractivity (Wildman–Crippen MR) is 62.6 cm³/mol. The fraction of sp³-hybridized carbons (Fsp3) is 0.222. The van der Waals surface area contributed by atoms with Crippen LogP contribution < -0.4 is 5.32 Å². The molecule has 15 heavy (non-hydrogen) atoms. The monoisotopic (exact) mass is 238 g/mol. The SMILES string of the molecule is CNc1nc(C)cc(Sc2nccs2)n1. The lowest BCUT2D eigenvalue weighted by molar-refractivity contribution is 1.01. The molecule has 0 aliphatic heterocycles. The number of anilines is 1. The van der Waals surface area contributed by atoms with Gasteiger partial charge in [0.15, 0.2) is 4.34 Å². The summed E-state index contributed by atoms with van der Waals surface area (Å²) in [4.78, 5) is 12.8. The number of nitrogens with zero attached hydrogens (tertiary/aromatic N) is 3. The van der Waals surface area contributed by atoms with Crippen LogP contribution in [0.5, 0.6) is 0 Å². The molecule has 0 aliphatic carbocycles. The van der Waals surface area contributed by atoms with Crippen LogP contribution in [0.3, 0.4) is 0 Å². The van der Waals surface area contributed by atoms with Crippen molar-refractivity contribution in [1.29, 1.82) is 0 Å². The minimum absolute atomic E-state index is 0.647. The molecule has 1 N–H and O–H groups in total. The van der Waals surface area contributed by atoms with Crippen molar-refractivity contribution in [2.24, 2.45) is 0 Å². The second kappa shape index (κ2) is 4.59. The van der Waals surface area contributed by atoms with Gasteiger partial charge in [-0.15, -0.1) is 11.3 Å². The highest BCUT2D eigenvalue weighted by atomic mass is 32.2. The van der Waals surface area contributed by atoms with Gasteiger partial charge in [0.1, 0.15) is 5.03 Å². The predicted octanol–water partition coefficient (Wildman–Crippen LogP) is 2.43. The number of aromatic nitrogens is 3. The third-order valence-electron chi connectivity index (χ3n) is 1.66. The molecule has 0 saturated carbocycles. The molecule has 2 aromatic heterocycles. The molecule has 0 saturated heterocycles. The molecule has 6 heteroatoms. The third-order valence-corrected chi connectivity index (χ3v) is 3.46. The highest BCUT2D eigenvalue weighted by Crippen LogP contribution is 2.28. The number of thiazole rings is 1. The Kier molecular flexibility index (Phi) is 3.17. The Morgan fingerprint density at radius 1 is 1.40 bits per heavy atom. The van der Waals surface area contributed by atoms with Crippen molar-refractivity contribution in [3.8, 4) is 0 Å². The van der Waals surface area contributed by atoms with Gasteiger partial charge in [0.05, 0.1) is 0 Å². The molecule has 78 valence electrons. The van der Waals surface area contributed by atoms with Gasteiger partial charge in [-0.2, -0.15) is 0 Å². The van der Waals surface area contributed by atoms with Gasteiger partial charge in [0, 0.05) is 24.3 Å². The lowest BCUT2D eigenvalue weighted by Crippen LogP contribution is -1.98. The van der Waals surface area contributed by atoms with Gasteiger partial charge in [-0.05, 0) is 24.8 Å². The van der Waals surface area contributed by atoms with Crippen LogP contribution in [-0.2, 0) is 0 Å². The van der Waals surface area contributed by atoms with Crippen molar-refractivity contribution < 1.29 is 0 Å². The van der Waals surface area contributed by atoms with E-state index in [1.165, 1.54) is 0 Å². The standard InChI is InChI=1S/C9H10N4S2/c1-6-5-7(13-8(10-2)12-6)15-9-11-3-4-14-9/h3-5H,1-2H3,(H,10,12,13). The number of rotatable bonds is 3. The molecule has 2 aromatic rings. The van der Waals surface area contributed by atoms with E-state index >= 15 is 0 Å². The molecule has 0 amide bonds. The van der Waals surface area contributed by atoms with Crippen LogP contribution in [0.1, 0.15) is 5.69 Å². The van der Waals surface area contributed by atoms with Crippen molar-refractivity contribution in [2.75, 3.05) is 12.4 Å². The minimum atomic E-state index is 0.647. The normalized spacial score (nSPS) is 10.3. The Morgan fingerprint density at radius 3 is 2.93 bits per heavy atom. The highest BCUT2D eigenvalue weighted by molar-refractivity contribution is 8.01. The Morgan fingerprint density at radius 2 is 2.27 bits per heavy atom. The van der Waals surface area contributed by atoms with Crippen LogP contribution in [0, 0.1) is 6.92 Å². The average Bonchev–Trinajstić information content (AvgIpc) is 2.69. The smallest absolute Gasteiger partial charge is 0.223 e. The summed E-state index contributed by atoms with van der Waals surface area (Å²) >= 11 is 3.16. The first-order chi connectivity index (χ1) is 7.28. The number of nitrogens with one attached hydrogen (secondary N) is 1. The Balaban J connectivity index is 2.24. The van der Waals surface area contributed by atoms with Gasteiger partial charge < -0.3 is 5.32 Å². The first kappa shape index (κ1) is 10.4. The lowest BCUT2D eigenvalue weighted by Gasteiger charge is -2.02. The molecule has 0 unspecified atom stereocenters. The average molecular weight is 238 g/mol. The van der Waals surface area contributed by atoms with Gasteiger partial charge in [-0.25, -0.2) is 15.0 Å². The van der Waals surface area contributed by atoms with Crippen LogP contribution in [-0.4, -0.2) is 22.0 Å². The Bertz CT molecular complexity index is 441. The van der Waals surface area contributed by atoms with Crippen molar-refractivity contribution in [1.82, 2.24) is 15.0 Å². The topological polar surface area (TPSA) is 50.7 Å². The van der Waals surface area contributed by atoms with E-state index < -0.39 is 0 Å². The maximum absolute atomic E-state index is 4.33. The van der Waals surface area contributed by atoms with E-state index in [1.807, 2.05) is 25.4 Å². The number of hydrogen-bond acceptors (Lipinski definition) is 6. The van der Waals surface area contributed by atoms with E-state index in [9.17, 15) is 0 Å². The summed E-state index contributed by atoms with van der Waals surface area (Å²) in [6.45, 7) is 1.95.